The lowest BCUT2D eigenvalue weighted by molar-refractivity contribution is -0.140. The van der Waals surface area contributed by atoms with Gasteiger partial charge in [0.2, 0.25) is 0 Å². The number of nitrogens with zero attached hydrogens (tertiary/aromatic N) is 3. The van der Waals surface area contributed by atoms with Gasteiger partial charge in [0.1, 0.15) is 11.5 Å². The molecule has 1 aliphatic rings. The van der Waals surface area contributed by atoms with E-state index in [0.717, 1.165) is 56.6 Å². The number of carbonyl (C=O) groups is 2. The molecule has 2 aromatic rings. The molecule has 2 heterocycles. The van der Waals surface area contributed by atoms with E-state index in [0.29, 0.717) is 18.7 Å². The van der Waals surface area contributed by atoms with Gasteiger partial charge in [-0.2, -0.15) is 0 Å². The normalized spacial score (nSPS) is 17.4. The van der Waals surface area contributed by atoms with E-state index in [1.807, 2.05) is 24.3 Å². The molecule has 1 N–H and O–H groups in total. The summed E-state index contributed by atoms with van der Waals surface area (Å²) in [6, 6.07) is 10.1. The van der Waals surface area contributed by atoms with Crippen LogP contribution in [-0.2, 0) is 9.59 Å². The van der Waals surface area contributed by atoms with Crippen molar-refractivity contribution in [1.82, 2.24) is 14.8 Å². The van der Waals surface area contributed by atoms with E-state index >= 15 is 0 Å². The molecule has 1 aromatic carbocycles. The number of Topliss-reactive ketones (excluding diaryl/α,β-unsaturated/α-hetero) is 1. The van der Waals surface area contributed by atoms with Crippen LogP contribution in [0.25, 0.3) is 5.76 Å². The summed E-state index contributed by atoms with van der Waals surface area (Å²) in [5.74, 6) is -0.670. The Morgan fingerprint density at radius 3 is 2.31 bits per heavy atom. The summed E-state index contributed by atoms with van der Waals surface area (Å²) < 4.78 is 5.83. The summed E-state index contributed by atoms with van der Waals surface area (Å²) in [5.41, 5.74) is 1.34. The quantitative estimate of drug-likeness (QED) is 0.192. The first-order chi connectivity index (χ1) is 17.0. The van der Waals surface area contributed by atoms with Crippen molar-refractivity contribution in [2.24, 2.45) is 0 Å². The molecule has 188 valence electrons. The van der Waals surface area contributed by atoms with Crippen LogP contribution in [0.2, 0.25) is 0 Å². The number of hydrogen-bond donors (Lipinski definition) is 1. The van der Waals surface area contributed by atoms with Crippen LogP contribution in [0.3, 0.4) is 0 Å². The number of pyridine rings is 1. The molecule has 3 rings (SSSR count). The number of benzene rings is 1. The van der Waals surface area contributed by atoms with E-state index in [4.69, 9.17) is 4.74 Å². The fraction of sp³-hybridized carbons (Fsp3) is 0.464. The molecule has 0 bridgehead atoms. The molecule has 7 nitrogen and oxygen atoms in total. The second kappa shape index (κ2) is 13.0. The van der Waals surface area contributed by atoms with Crippen LogP contribution in [0.4, 0.5) is 0 Å². The third-order valence-corrected chi connectivity index (χ3v) is 6.47. The first-order valence-electron chi connectivity index (χ1n) is 12.7. The lowest BCUT2D eigenvalue weighted by atomic mass is 9.95. The van der Waals surface area contributed by atoms with Crippen molar-refractivity contribution < 1.29 is 19.4 Å². The molecule has 1 amide bonds. The van der Waals surface area contributed by atoms with Crippen molar-refractivity contribution >= 4 is 17.4 Å². The summed E-state index contributed by atoms with van der Waals surface area (Å²) in [7, 11) is 0. The Morgan fingerprint density at radius 1 is 1.00 bits per heavy atom. The number of ether oxygens (including phenoxy) is 1. The number of ketones is 1. The smallest absolute Gasteiger partial charge is 0.295 e. The SMILES string of the molecule is CCCCCOc1ccc(C2/C(=C(\O)c3ccncc3)C(=O)C(=O)N2CCCN(CC)CC)cc1. The van der Waals surface area contributed by atoms with E-state index in [2.05, 4.69) is 30.7 Å². The zero-order valence-electron chi connectivity index (χ0n) is 21.1. The first kappa shape index (κ1) is 26.4. The fourth-order valence-electron chi connectivity index (χ4n) is 4.42. The number of rotatable bonds is 13. The van der Waals surface area contributed by atoms with Crippen molar-refractivity contribution in [3.63, 3.8) is 0 Å². The zero-order valence-corrected chi connectivity index (χ0v) is 21.1. The van der Waals surface area contributed by atoms with Gasteiger partial charge in [-0.05, 0) is 62.3 Å². The zero-order chi connectivity index (χ0) is 25.2. The Bertz CT molecular complexity index is 1000. The molecule has 1 atom stereocenters. The van der Waals surface area contributed by atoms with Gasteiger partial charge in [0.15, 0.2) is 0 Å². The predicted molar refractivity (Wildman–Crippen MR) is 137 cm³/mol. The van der Waals surface area contributed by atoms with E-state index in [1.54, 1.807) is 29.4 Å². The molecular weight excluding hydrogens is 442 g/mol. The number of amides is 1. The van der Waals surface area contributed by atoms with Crippen LogP contribution >= 0.6 is 0 Å². The molecule has 35 heavy (non-hydrogen) atoms. The minimum absolute atomic E-state index is 0.112. The summed E-state index contributed by atoms with van der Waals surface area (Å²) in [6.45, 7) is 10.1. The van der Waals surface area contributed by atoms with Crippen LogP contribution in [0, 0.1) is 0 Å². The number of likely N-dealkylation sites (tertiary alicyclic amines) is 1. The summed E-state index contributed by atoms with van der Waals surface area (Å²) in [5, 5.41) is 11.1. The number of unbranched alkanes of at least 4 members (excludes halogenated alkanes) is 2. The highest BCUT2D eigenvalue weighted by Crippen LogP contribution is 2.39. The maximum absolute atomic E-state index is 13.1. The van der Waals surface area contributed by atoms with Gasteiger partial charge in [-0.25, -0.2) is 0 Å². The maximum atomic E-state index is 13.1. The monoisotopic (exact) mass is 479 g/mol. The number of hydrogen-bond acceptors (Lipinski definition) is 6. The van der Waals surface area contributed by atoms with E-state index < -0.39 is 17.7 Å². The average molecular weight is 480 g/mol. The molecule has 1 unspecified atom stereocenters. The minimum Gasteiger partial charge on any atom is -0.507 e. The first-order valence-corrected chi connectivity index (χ1v) is 12.7. The highest BCUT2D eigenvalue weighted by Gasteiger charge is 2.45. The van der Waals surface area contributed by atoms with Gasteiger partial charge in [0.05, 0.1) is 18.2 Å². The molecule has 0 radical (unpaired) electrons. The van der Waals surface area contributed by atoms with Crippen LogP contribution < -0.4 is 4.74 Å². The van der Waals surface area contributed by atoms with Crippen LogP contribution in [0.5, 0.6) is 5.75 Å². The van der Waals surface area contributed by atoms with Gasteiger partial charge in [0, 0.05) is 24.5 Å². The van der Waals surface area contributed by atoms with Crippen molar-refractivity contribution in [3.8, 4) is 5.75 Å². The lowest BCUT2D eigenvalue weighted by Gasteiger charge is -2.27. The average Bonchev–Trinajstić information content (AvgIpc) is 3.14. The number of aromatic nitrogens is 1. The van der Waals surface area contributed by atoms with Gasteiger partial charge in [-0.3, -0.25) is 14.6 Å². The Morgan fingerprint density at radius 2 is 1.69 bits per heavy atom. The Labute approximate surface area is 208 Å². The lowest BCUT2D eigenvalue weighted by Crippen LogP contribution is -2.33. The molecule has 7 heteroatoms. The third-order valence-electron chi connectivity index (χ3n) is 6.47. The number of aliphatic hydroxyl groups is 1. The largest absolute Gasteiger partial charge is 0.507 e. The molecule has 1 saturated heterocycles. The van der Waals surface area contributed by atoms with Gasteiger partial charge < -0.3 is 19.6 Å². The number of aliphatic hydroxyl groups excluding tert-OH is 1. The topological polar surface area (TPSA) is 83.0 Å². The molecule has 1 fully saturated rings. The van der Waals surface area contributed by atoms with E-state index in [-0.39, 0.29) is 11.3 Å². The van der Waals surface area contributed by atoms with E-state index in [9.17, 15) is 14.7 Å². The standard InChI is InChI=1S/C28H37N3O4/c1-4-7-8-20-35-23-12-10-21(11-13-23)25-24(26(32)22-14-16-29-17-15-22)27(33)28(34)31(25)19-9-18-30(5-2)6-3/h10-17,25,32H,4-9,18-20H2,1-3H3/b26-24+. The molecule has 0 spiro atoms. The minimum atomic E-state index is -0.660. The number of carbonyl (C=O) groups excluding carboxylic acids is 2. The van der Waals surface area contributed by atoms with Gasteiger partial charge >= 0.3 is 0 Å². The molecular formula is C28H37N3O4. The second-order valence-corrected chi connectivity index (χ2v) is 8.73. The second-order valence-electron chi connectivity index (χ2n) is 8.73. The Balaban J connectivity index is 1.91. The summed E-state index contributed by atoms with van der Waals surface area (Å²) in [4.78, 5) is 34.1. The third kappa shape index (κ3) is 6.48. The van der Waals surface area contributed by atoms with Crippen LogP contribution in [0.1, 0.15) is 63.6 Å². The Hall–Kier alpha value is -3.19. The van der Waals surface area contributed by atoms with Gasteiger partial charge in [-0.15, -0.1) is 0 Å². The van der Waals surface area contributed by atoms with Gasteiger partial charge in [-0.1, -0.05) is 45.7 Å². The highest BCUT2D eigenvalue weighted by atomic mass is 16.5. The maximum Gasteiger partial charge on any atom is 0.295 e. The van der Waals surface area contributed by atoms with Crippen LogP contribution in [-0.4, -0.2) is 64.4 Å². The van der Waals surface area contributed by atoms with Crippen molar-refractivity contribution in [2.75, 3.05) is 32.8 Å². The summed E-state index contributed by atoms with van der Waals surface area (Å²) in [6.07, 6.45) is 7.08. The van der Waals surface area contributed by atoms with Crippen molar-refractivity contribution in [2.45, 2.75) is 52.5 Å². The molecule has 0 saturated carbocycles. The molecule has 1 aliphatic heterocycles. The fourth-order valence-corrected chi connectivity index (χ4v) is 4.42. The van der Waals surface area contributed by atoms with E-state index in [1.165, 1.54) is 0 Å². The highest BCUT2D eigenvalue weighted by molar-refractivity contribution is 6.46. The predicted octanol–water partition coefficient (Wildman–Crippen LogP) is 4.80. The molecule has 0 aliphatic carbocycles. The van der Waals surface area contributed by atoms with Gasteiger partial charge in [0.25, 0.3) is 11.7 Å². The van der Waals surface area contributed by atoms with Crippen molar-refractivity contribution in [3.05, 3.63) is 65.5 Å². The van der Waals surface area contributed by atoms with Crippen LogP contribution in [0.15, 0.2) is 54.4 Å². The van der Waals surface area contributed by atoms with Crippen molar-refractivity contribution in [1.29, 1.82) is 0 Å². The summed E-state index contributed by atoms with van der Waals surface area (Å²) >= 11 is 0. The molecule has 1 aromatic heterocycles. The Kier molecular flexibility index (Phi) is 9.85.